The maximum absolute atomic E-state index is 13.8. The second kappa shape index (κ2) is 13.0. The smallest absolute Gasteiger partial charge is 0.262 e. The number of nitrogens with one attached hydrogen (secondary N) is 2. The van der Waals surface area contributed by atoms with Gasteiger partial charge in [-0.25, -0.2) is 4.98 Å². The van der Waals surface area contributed by atoms with Crippen molar-refractivity contribution in [1.29, 1.82) is 0 Å². The molecule has 2 aliphatic rings. The summed E-state index contributed by atoms with van der Waals surface area (Å²) in [5.74, 6) is 2.49. The number of thioether (sulfide) groups is 1. The molecule has 2 amide bonds. The first-order valence-corrected chi connectivity index (χ1v) is 15.6. The van der Waals surface area contributed by atoms with E-state index >= 15 is 0 Å². The van der Waals surface area contributed by atoms with Gasteiger partial charge in [-0.2, -0.15) is 0 Å². The SMILES string of the molecule is COc1ccc(NC(=O)CSc2nc3cc4c(cc3c(=O)n2Cc2ccc(C(=O)NCc3ccc5c(c3)OCO5)cc2)OCO4)cc1. The van der Waals surface area contributed by atoms with E-state index in [2.05, 4.69) is 10.6 Å². The molecule has 7 rings (SSSR count). The Labute approximate surface area is 272 Å². The third kappa shape index (κ3) is 6.51. The number of carbonyl (C=O) groups is 2. The molecule has 0 unspecified atom stereocenters. The predicted molar refractivity (Wildman–Crippen MR) is 174 cm³/mol. The van der Waals surface area contributed by atoms with Crippen LogP contribution < -0.4 is 39.9 Å². The van der Waals surface area contributed by atoms with E-state index in [-0.39, 0.29) is 43.3 Å². The van der Waals surface area contributed by atoms with Gasteiger partial charge in [0.15, 0.2) is 28.2 Å². The molecule has 0 bridgehead atoms. The van der Waals surface area contributed by atoms with Crippen LogP contribution in [0.4, 0.5) is 5.69 Å². The molecule has 0 saturated heterocycles. The third-order valence-electron chi connectivity index (χ3n) is 7.57. The van der Waals surface area contributed by atoms with Gasteiger partial charge in [0.05, 0.1) is 30.3 Å². The van der Waals surface area contributed by atoms with E-state index in [9.17, 15) is 14.4 Å². The van der Waals surface area contributed by atoms with Crippen molar-refractivity contribution in [1.82, 2.24) is 14.9 Å². The summed E-state index contributed by atoms with van der Waals surface area (Å²) in [6, 6.07) is 22.8. The summed E-state index contributed by atoms with van der Waals surface area (Å²) < 4.78 is 28.4. The van der Waals surface area contributed by atoms with Crippen molar-refractivity contribution in [2.45, 2.75) is 18.2 Å². The monoisotopic (exact) mass is 652 g/mol. The van der Waals surface area contributed by atoms with Crippen LogP contribution in [0.25, 0.3) is 10.9 Å². The van der Waals surface area contributed by atoms with E-state index in [0.717, 1.165) is 22.9 Å². The number of hydrogen-bond acceptors (Lipinski definition) is 10. The van der Waals surface area contributed by atoms with Crippen molar-refractivity contribution in [3.05, 3.63) is 106 Å². The molecule has 0 atom stereocenters. The van der Waals surface area contributed by atoms with Crippen LogP contribution in [0, 0.1) is 0 Å². The predicted octanol–water partition coefficient (Wildman–Crippen LogP) is 4.57. The second-order valence-electron chi connectivity index (χ2n) is 10.6. The molecule has 12 nitrogen and oxygen atoms in total. The highest BCUT2D eigenvalue weighted by Gasteiger charge is 2.20. The molecule has 0 saturated carbocycles. The fourth-order valence-electron chi connectivity index (χ4n) is 5.12. The minimum absolute atomic E-state index is 0.0109. The highest BCUT2D eigenvalue weighted by molar-refractivity contribution is 7.99. The van der Waals surface area contributed by atoms with E-state index in [1.54, 1.807) is 67.8 Å². The Morgan fingerprint density at radius 1 is 0.851 bits per heavy atom. The largest absolute Gasteiger partial charge is 0.497 e. The number of anilines is 1. The van der Waals surface area contributed by atoms with Gasteiger partial charge in [-0.3, -0.25) is 19.0 Å². The van der Waals surface area contributed by atoms with Crippen LogP contribution in [0.1, 0.15) is 21.5 Å². The number of amides is 2. The summed E-state index contributed by atoms with van der Waals surface area (Å²) in [4.78, 5) is 44.3. The summed E-state index contributed by atoms with van der Waals surface area (Å²) in [6.45, 7) is 0.728. The summed E-state index contributed by atoms with van der Waals surface area (Å²) in [6.07, 6.45) is 0. The quantitative estimate of drug-likeness (QED) is 0.163. The molecule has 13 heteroatoms. The molecule has 5 aromatic rings. The molecule has 1 aromatic heterocycles. The number of fused-ring (bicyclic) bond motifs is 3. The van der Waals surface area contributed by atoms with Gasteiger partial charge in [-0.1, -0.05) is 30.0 Å². The van der Waals surface area contributed by atoms with Crippen LogP contribution >= 0.6 is 11.8 Å². The minimum atomic E-state index is -0.295. The van der Waals surface area contributed by atoms with Gasteiger partial charge in [0, 0.05) is 23.9 Å². The molecule has 4 aromatic carbocycles. The highest BCUT2D eigenvalue weighted by atomic mass is 32.2. The average Bonchev–Trinajstić information content (AvgIpc) is 3.76. The fraction of sp³-hybridized carbons (Fsp3) is 0.176. The second-order valence-corrected chi connectivity index (χ2v) is 11.6. The third-order valence-corrected chi connectivity index (χ3v) is 8.54. The molecule has 2 aliphatic heterocycles. The lowest BCUT2D eigenvalue weighted by molar-refractivity contribution is -0.113. The van der Waals surface area contributed by atoms with Crippen molar-refractivity contribution < 1.29 is 33.3 Å². The standard InChI is InChI=1S/C34H28N4O8S/c1-42-24-9-7-23(8-10-24)36-31(39)17-47-34-37-26-14-30-29(45-19-46-30)13-25(26)33(41)38(34)16-20-2-5-22(6-3-20)32(40)35-15-21-4-11-27-28(12-21)44-18-43-27/h2-14H,15-19H2,1H3,(H,35,40)(H,36,39). The van der Waals surface area contributed by atoms with E-state index in [1.807, 2.05) is 18.2 Å². The molecule has 0 radical (unpaired) electrons. The number of hydrogen-bond donors (Lipinski definition) is 2. The van der Waals surface area contributed by atoms with Gasteiger partial charge in [-0.05, 0) is 65.7 Å². The Kier molecular flexibility index (Phi) is 8.27. The molecule has 0 spiro atoms. The molecule has 238 valence electrons. The van der Waals surface area contributed by atoms with E-state index in [0.29, 0.717) is 62.6 Å². The summed E-state index contributed by atoms with van der Waals surface area (Å²) in [5.41, 5.74) is 2.88. The fourth-order valence-corrected chi connectivity index (χ4v) is 5.92. The molecule has 3 heterocycles. The van der Waals surface area contributed by atoms with Crippen molar-refractivity contribution in [2.24, 2.45) is 0 Å². The zero-order chi connectivity index (χ0) is 32.3. The van der Waals surface area contributed by atoms with Crippen LogP contribution in [-0.2, 0) is 17.9 Å². The Bertz CT molecular complexity index is 2050. The van der Waals surface area contributed by atoms with Crippen LogP contribution in [-0.4, -0.2) is 47.8 Å². The maximum atomic E-state index is 13.8. The van der Waals surface area contributed by atoms with Gasteiger partial charge in [0.25, 0.3) is 11.5 Å². The topological polar surface area (TPSA) is 139 Å². The van der Waals surface area contributed by atoms with E-state index < -0.39 is 0 Å². The maximum Gasteiger partial charge on any atom is 0.262 e. The number of benzene rings is 4. The van der Waals surface area contributed by atoms with Crippen molar-refractivity contribution in [3.8, 4) is 28.7 Å². The lowest BCUT2D eigenvalue weighted by atomic mass is 10.1. The summed E-state index contributed by atoms with van der Waals surface area (Å²) in [7, 11) is 1.57. The number of ether oxygens (including phenoxy) is 5. The molecule has 47 heavy (non-hydrogen) atoms. The number of methoxy groups -OCH3 is 1. The Hall–Kier alpha value is -5.69. The zero-order valence-electron chi connectivity index (χ0n) is 25.1. The highest BCUT2D eigenvalue weighted by Crippen LogP contribution is 2.35. The van der Waals surface area contributed by atoms with Crippen molar-refractivity contribution in [2.75, 3.05) is 31.8 Å². The van der Waals surface area contributed by atoms with Crippen LogP contribution in [0.2, 0.25) is 0 Å². The molecular weight excluding hydrogens is 624 g/mol. The van der Waals surface area contributed by atoms with Gasteiger partial charge >= 0.3 is 0 Å². The Morgan fingerprint density at radius 2 is 1.53 bits per heavy atom. The lowest BCUT2D eigenvalue weighted by Gasteiger charge is -2.14. The minimum Gasteiger partial charge on any atom is -0.497 e. The average molecular weight is 653 g/mol. The van der Waals surface area contributed by atoms with E-state index in [1.165, 1.54) is 4.57 Å². The van der Waals surface area contributed by atoms with Gasteiger partial charge in [-0.15, -0.1) is 0 Å². The molecular formula is C34H28N4O8S. The Balaban J connectivity index is 1.08. The molecule has 0 aliphatic carbocycles. The molecule has 2 N–H and O–H groups in total. The van der Waals surface area contributed by atoms with Crippen molar-refractivity contribution >= 4 is 40.2 Å². The van der Waals surface area contributed by atoms with E-state index in [4.69, 9.17) is 28.7 Å². The first-order chi connectivity index (χ1) is 22.9. The number of carbonyl (C=O) groups excluding carboxylic acids is 2. The van der Waals surface area contributed by atoms with Gasteiger partial charge < -0.3 is 34.3 Å². The summed E-state index contributed by atoms with van der Waals surface area (Å²) >= 11 is 1.15. The number of nitrogens with zero attached hydrogens (tertiary/aromatic N) is 2. The van der Waals surface area contributed by atoms with Crippen LogP contribution in [0.3, 0.4) is 0 Å². The van der Waals surface area contributed by atoms with Crippen LogP contribution in [0.5, 0.6) is 28.7 Å². The first kappa shape index (κ1) is 30.0. The normalized spacial score (nSPS) is 12.6. The first-order valence-electron chi connectivity index (χ1n) is 14.6. The molecule has 0 fully saturated rings. The van der Waals surface area contributed by atoms with Gasteiger partial charge in [0.2, 0.25) is 19.5 Å². The van der Waals surface area contributed by atoms with Crippen LogP contribution in [0.15, 0.2) is 88.8 Å². The van der Waals surface area contributed by atoms with Crippen molar-refractivity contribution in [3.63, 3.8) is 0 Å². The lowest BCUT2D eigenvalue weighted by Crippen LogP contribution is -2.25. The Morgan fingerprint density at radius 3 is 2.28 bits per heavy atom. The number of aromatic nitrogens is 2. The number of rotatable bonds is 10. The zero-order valence-corrected chi connectivity index (χ0v) is 25.9. The summed E-state index contributed by atoms with van der Waals surface area (Å²) in [5, 5.41) is 6.48. The van der Waals surface area contributed by atoms with Gasteiger partial charge in [0.1, 0.15) is 5.75 Å².